The Hall–Kier alpha value is -1.95. The Morgan fingerprint density at radius 3 is 3.05 bits per heavy atom. The molecule has 1 N–H and O–H groups in total. The van der Waals surface area contributed by atoms with Crippen molar-refractivity contribution in [1.29, 1.82) is 0 Å². The highest BCUT2D eigenvalue weighted by Gasteiger charge is 2.37. The molecule has 4 rings (SSSR count). The van der Waals surface area contributed by atoms with Gasteiger partial charge in [0.15, 0.2) is 11.6 Å². The van der Waals surface area contributed by atoms with E-state index in [1.807, 2.05) is 12.1 Å². The molecule has 6 heteroatoms. The van der Waals surface area contributed by atoms with Crippen LogP contribution in [0.25, 0.3) is 11.4 Å². The van der Waals surface area contributed by atoms with E-state index in [-0.39, 0.29) is 0 Å². The fraction of sp³-hybridized carbons (Fsp3) is 0.500. The van der Waals surface area contributed by atoms with E-state index < -0.39 is 0 Å². The van der Waals surface area contributed by atoms with Crippen molar-refractivity contribution in [2.24, 2.45) is 5.92 Å². The van der Waals surface area contributed by atoms with E-state index in [1.54, 1.807) is 13.3 Å². The van der Waals surface area contributed by atoms with Gasteiger partial charge in [-0.15, -0.1) is 10.2 Å². The van der Waals surface area contributed by atoms with Gasteiger partial charge >= 0.3 is 0 Å². The zero-order valence-corrected chi connectivity index (χ0v) is 11.4. The molecule has 0 spiro atoms. The van der Waals surface area contributed by atoms with Crippen LogP contribution in [0.15, 0.2) is 18.3 Å². The number of aromatic nitrogens is 4. The van der Waals surface area contributed by atoms with Gasteiger partial charge in [-0.25, -0.2) is 4.98 Å². The molecule has 0 aromatic carbocycles. The van der Waals surface area contributed by atoms with Crippen LogP contribution < -0.4 is 10.1 Å². The molecule has 1 aliphatic carbocycles. The largest absolute Gasteiger partial charge is 0.480 e. The van der Waals surface area contributed by atoms with Crippen LogP contribution in [-0.2, 0) is 6.54 Å². The van der Waals surface area contributed by atoms with Gasteiger partial charge in [-0.05, 0) is 30.9 Å². The number of methoxy groups -OCH3 is 1. The maximum Gasteiger partial charge on any atom is 0.224 e. The summed E-state index contributed by atoms with van der Waals surface area (Å²) in [6, 6.07) is 4.24. The standard InChI is InChI=1S/C14H17N5O/c1-20-14-10(3-2-6-16-14)12-17-18-13-11(9-4-5-9)15-7-8-19(12)13/h2-3,6,9,11,15H,4-5,7-8H2,1H3. The highest BCUT2D eigenvalue weighted by molar-refractivity contribution is 5.61. The zero-order chi connectivity index (χ0) is 13.5. The molecule has 1 atom stereocenters. The van der Waals surface area contributed by atoms with Crippen molar-refractivity contribution in [1.82, 2.24) is 25.1 Å². The average molecular weight is 271 g/mol. The van der Waals surface area contributed by atoms with E-state index in [1.165, 1.54) is 12.8 Å². The van der Waals surface area contributed by atoms with Gasteiger partial charge in [0.05, 0.1) is 18.7 Å². The molecular weight excluding hydrogens is 254 g/mol. The fourth-order valence-corrected chi connectivity index (χ4v) is 2.92. The molecule has 1 unspecified atom stereocenters. The minimum absolute atomic E-state index is 0.354. The monoisotopic (exact) mass is 271 g/mol. The summed E-state index contributed by atoms with van der Waals surface area (Å²) in [5, 5.41) is 12.4. The van der Waals surface area contributed by atoms with Crippen molar-refractivity contribution in [2.75, 3.05) is 13.7 Å². The Kier molecular flexibility index (Phi) is 2.70. The smallest absolute Gasteiger partial charge is 0.224 e. The molecule has 0 amide bonds. The highest BCUT2D eigenvalue weighted by atomic mass is 16.5. The van der Waals surface area contributed by atoms with Crippen LogP contribution in [0.4, 0.5) is 0 Å². The summed E-state index contributed by atoms with van der Waals surface area (Å²) in [6.07, 6.45) is 4.30. The number of fused-ring (bicyclic) bond motifs is 1. The highest BCUT2D eigenvalue weighted by Crippen LogP contribution is 2.42. The Labute approximate surface area is 117 Å². The van der Waals surface area contributed by atoms with Gasteiger partial charge in [0.1, 0.15) is 0 Å². The predicted octanol–water partition coefficient (Wildman–Crippen LogP) is 1.40. The van der Waals surface area contributed by atoms with E-state index in [2.05, 4.69) is 25.1 Å². The first-order chi connectivity index (χ1) is 9.88. The first-order valence-corrected chi connectivity index (χ1v) is 7.04. The maximum atomic E-state index is 5.34. The molecule has 1 fully saturated rings. The van der Waals surface area contributed by atoms with Gasteiger partial charge in [0.2, 0.25) is 5.88 Å². The minimum Gasteiger partial charge on any atom is -0.480 e. The lowest BCUT2D eigenvalue weighted by Gasteiger charge is -2.25. The molecule has 6 nitrogen and oxygen atoms in total. The Bertz CT molecular complexity index is 634. The summed E-state index contributed by atoms with van der Waals surface area (Å²) in [4.78, 5) is 4.25. The number of hydrogen-bond acceptors (Lipinski definition) is 5. The van der Waals surface area contributed by atoms with Crippen molar-refractivity contribution in [2.45, 2.75) is 25.4 Å². The molecule has 2 aromatic rings. The summed E-state index contributed by atoms with van der Waals surface area (Å²) in [5.74, 6) is 3.24. The molecule has 0 bridgehead atoms. The topological polar surface area (TPSA) is 64.9 Å². The lowest BCUT2D eigenvalue weighted by Crippen LogP contribution is -2.35. The van der Waals surface area contributed by atoms with Gasteiger partial charge in [0, 0.05) is 19.3 Å². The third-order valence-electron chi connectivity index (χ3n) is 4.06. The molecule has 1 aliphatic heterocycles. The van der Waals surface area contributed by atoms with Crippen LogP contribution in [0.5, 0.6) is 5.88 Å². The molecule has 104 valence electrons. The van der Waals surface area contributed by atoms with E-state index >= 15 is 0 Å². The molecule has 3 heterocycles. The average Bonchev–Trinajstić information content (AvgIpc) is 3.26. The normalized spacial score (nSPS) is 21.6. The van der Waals surface area contributed by atoms with Crippen molar-refractivity contribution >= 4 is 0 Å². The number of ether oxygens (including phenoxy) is 1. The van der Waals surface area contributed by atoms with E-state index in [9.17, 15) is 0 Å². The van der Waals surface area contributed by atoms with Crippen molar-refractivity contribution in [3.63, 3.8) is 0 Å². The Morgan fingerprint density at radius 1 is 1.35 bits per heavy atom. The van der Waals surface area contributed by atoms with E-state index in [0.29, 0.717) is 11.9 Å². The third kappa shape index (κ3) is 1.79. The first-order valence-electron chi connectivity index (χ1n) is 7.04. The van der Waals surface area contributed by atoms with Crippen LogP contribution >= 0.6 is 0 Å². The number of hydrogen-bond donors (Lipinski definition) is 1. The second-order valence-electron chi connectivity index (χ2n) is 5.36. The third-order valence-corrected chi connectivity index (χ3v) is 4.06. The van der Waals surface area contributed by atoms with Crippen molar-refractivity contribution in [3.8, 4) is 17.3 Å². The van der Waals surface area contributed by atoms with Crippen molar-refractivity contribution < 1.29 is 4.74 Å². The number of nitrogens with one attached hydrogen (secondary N) is 1. The van der Waals surface area contributed by atoms with Gasteiger partial charge in [-0.1, -0.05) is 0 Å². The van der Waals surface area contributed by atoms with Gasteiger partial charge in [-0.2, -0.15) is 0 Å². The second kappa shape index (κ2) is 4.56. The number of nitrogens with zero attached hydrogens (tertiary/aromatic N) is 4. The van der Waals surface area contributed by atoms with E-state index in [4.69, 9.17) is 4.74 Å². The lowest BCUT2D eigenvalue weighted by atomic mass is 10.1. The van der Waals surface area contributed by atoms with Crippen LogP contribution in [0, 0.1) is 5.92 Å². The second-order valence-corrected chi connectivity index (χ2v) is 5.36. The first kappa shape index (κ1) is 11.8. The summed E-state index contributed by atoms with van der Waals surface area (Å²) in [7, 11) is 1.63. The summed E-state index contributed by atoms with van der Waals surface area (Å²) in [6.45, 7) is 1.85. The molecule has 2 aliphatic rings. The van der Waals surface area contributed by atoms with Gasteiger partial charge in [-0.3, -0.25) is 0 Å². The van der Waals surface area contributed by atoms with Crippen molar-refractivity contribution in [3.05, 3.63) is 24.2 Å². The molecule has 1 saturated carbocycles. The van der Waals surface area contributed by atoms with Gasteiger partial charge in [0.25, 0.3) is 0 Å². The van der Waals surface area contributed by atoms with Crippen LogP contribution in [-0.4, -0.2) is 33.4 Å². The maximum absolute atomic E-state index is 5.34. The summed E-state index contributed by atoms with van der Waals surface area (Å²) in [5.41, 5.74) is 0.908. The fourth-order valence-electron chi connectivity index (χ4n) is 2.92. The molecule has 0 saturated heterocycles. The zero-order valence-electron chi connectivity index (χ0n) is 11.4. The number of pyridine rings is 1. The van der Waals surface area contributed by atoms with Crippen LogP contribution in [0.1, 0.15) is 24.7 Å². The van der Waals surface area contributed by atoms with Crippen LogP contribution in [0.3, 0.4) is 0 Å². The quantitative estimate of drug-likeness (QED) is 0.914. The SMILES string of the molecule is COc1ncccc1-c1nnc2n1CCNC2C1CC1. The van der Waals surface area contributed by atoms with E-state index in [0.717, 1.165) is 36.2 Å². The van der Waals surface area contributed by atoms with Gasteiger partial charge < -0.3 is 14.6 Å². The number of rotatable bonds is 3. The Morgan fingerprint density at radius 2 is 2.25 bits per heavy atom. The Balaban J connectivity index is 1.80. The lowest BCUT2D eigenvalue weighted by molar-refractivity contribution is 0.381. The molecule has 2 aromatic heterocycles. The summed E-state index contributed by atoms with van der Waals surface area (Å²) < 4.78 is 7.55. The summed E-state index contributed by atoms with van der Waals surface area (Å²) >= 11 is 0. The molecule has 20 heavy (non-hydrogen) atoms. The molecular formula is C14H17N5O. The minimum atomic E-state index is 0.354. The van der Waals surface area contributed by atoms with Crippen LogP contribution in [0.2, 0.25) is 0 Å². The molecule has 0 radical (unpaired) electrons. The predicted molar refractivity (Wildman–Crippen MR) is 73.3 cm³/mol.